The maximum atomic E-state index is 11.6. The molecule has 0 aromatic carbocycles. The van der Waals surface area contributed by atoms with Crippen LogP contribution in [0.1, 0.15) is 29.3 Å². The van der Waals surface area contributed by atoms with Gasteiger partial charge in [0, 0.05) is 17.6 Å². The lowest BCUT2D eigenvalue weighted by molar-refractivity contribution is -0.122. The van der Waals surface area contributed by atoms with Gasteiger partial charge >= 0.3 is 0 Å². The van der Waals surface area contributed by atoms with E-state index in [4.69, 9.17) is 5.11 Å². The summed E-state index contributed by atoms with van der Waals surface area (Å²) in [6.07, 6.45) is 7.09. The summed E-state index contributed by atoms with van der Waals surface area (Å²) in [6, 6.07) is 2.53. The number of hydrogen-bond acceptors (Lipinski definition) is 5. The molecule has 2 heterocycles. The lowest BCUT2D eigenvalue weighted by Crippen LogP contribution is -2.30. The fourth-order valence-electron chi connectivity index (χ4n) is 2.76. The van der Waals surface area contributed by atoms with Gasteiger partial charge < -0.3 is 15.7 Å². The Morgan fingerprint density at radius 2 is 2.45 bits per heavy atom. The van der Waals surface area contributed by atoms with Crippen LogP contribution < -0.4 is 10.6 Å². The summed E-state index contributed by atoms with van der Waals surface area (Å²) in [4.78, 5) is 13.1. The van der Waals surface area contributed by atoms with Crippen LogP contribution in [-0.4, -0.2) is 33.9 Å². The summed E-state index contributed by atoms with van der Waals surface area (Å²) in [5.74, 6) is -0.151. The fourth-order valence-corrected chi connectivity index (χ4v) is 3.75. The second-order valence-electron chi connectivity index (χ2n) is 5.39. The summed E-state index contributed by atoms with van der Waals surface area (Å²) >= 11 is 1.83. The molecule has 6 nitrogen and oxygen atoms in total. The number of nitrogens with one attached hydrogen (secondary N) is 2. The number of anilines is 1. The summed E-state index contributed by atoms with van der Waals surface area (Å²) in [7, 11) is 0. The van der Waals surface area contributed by atoms with Crippen LogP contribution in [0, 0.1) is 0 Å². The van der Waals surface area contributed by atoms with Crippen LogP contribution in [0.5, 0.6) is 0 Å². The van der Waals surface area contributed by atoms with Crippen molar-refractivity contribution >= 4 is 22.9 Å². The van der Waals surface area contributed by atoms with Gasteiger partial charge in [0.1, 0.15) is 6.54 Å². The van der Waals surface area contributed by atoms with Crippen LogP contribution in [0.15, 0.2) is 23.8 Å². The molecule has 3 rings (SSSR count). The van der Waals surface area contributed by atoms with E-state index in [1.54, 1.807) is 10.9 Å². The number of rotatable bonds is 6. The molecule has 7 heteroatoms. The van der Waals surface area contributed by atoms with E-state index in [-0.39, 0.29) is 25.6 Å². The molecule has 118 valence electrons. The van der Waals surface area contributed by atoms with Crippen molar-refractivity contribution in [1.29, 1.82) is 0 Å². The zero-order chi connectivity index (χ0) is 15.4. The van der Waals surface area contributed by atoms with Crippen LogP contribution in [0.2, 0.25) is 0 Å². The number of hydrogen-bond donors (Lipinski definition) is 3. The number of carbonyl (C=O) groups is 1. The van der Waals surface area contributed by atoms with Crippen molar-refractivity contribution in [1.82, 2.24) is 15.1 Å². The molecule has 0 bridgehead atoms. The SMILES string of the molecule is O=C(Cn1cc(N[C@@H]2CCCc3sccc32)cn1)NCCO. The minimum absolute atomic E-state index is 0.0533. The third-order valence-corrected chi connectivity index (χ3v) is 4.76. The van der Waals surface area contributed by atoms with Gasteiger partial charge in [-0.2, -0.15) is 5.10 Å². The van der Waals surface area contributed by atoms with Gasteiger partial charge in [-0.3, -0.25) is 9.48 Å². The predicted octanol–water partition coefficient (Wildman–Crippen LogP) is 1.54. The Morgan fingerprint density at radius 1 is 1.55 bits per heavy atom. The van der Waals surface area contributed by atoms with Gasteiger partial charge in [-0.25, -0.2) is 0 Å². The normalized spacial score (nSPS) is 17.0. The van der Waals surface area contributed by atoms with Crippen molar-refractivity contribution in [3.8, 4) is 0 Å². The molecular formula is C15H20N4O2S. The molecule has 0 spiro atoms. The average Bonchev–Trinajstić information content (AvgIpc) is 3.15. The van der Waals surface area contributed by atoms with Gasteiger partial charge in [-0.15, -0.1) is 11.3 Å². The predicted molar refractivity (Wildman–Crippen MR) is 85.9 cm³/mol. The minimum Gasteiger partial charge on any atom is -0.395 e. The Balaban J connectivity index is 1.60. The summed E-state index contributed by atoms with van der Waals surface area (Å²) in [6.45, 7) is 0.382. The highest BCUT2D eigenvalue weighted by Gasteiger charge is 2.21. The number of aliphatic hydroxyl groups is 1. The van der Waals surface area contributed by atoms with Crippen molar-refractivity contribution in [2.45, 2.75) is 31.8 Å². The van der Waals surface area contributed by atoms with E-state index >= 15 is 0 Å². The number of thiophene rings is 1. The Labute approximate surface area is 133 Å². The lowest BCUT2D eigenvalue weighted by Gasteiger charge is -2.23. The highest BCUT2D eigenvalue weighted by Crippen LogP contribution is 2.35. The average molecular weight is 320 g/mol. The van der Waals surface area contributed by atoms with E-state index in [2.05, 4.69) is 27.2 Å². The van der Waals surface area contributed by atoms with Gasteiger partial charge in [0.2, 0.25) is 5.91 Å². The van der Waals surface area contributed by atoms with Crippen LogP contribution in [-0.2, 0) is 17.8 Å². The molecule has 1 aliphatic rings. The van der Waals surface area contributed by atoms with Crippen molar-refractivity contribution < 1.29 is 9.90 Å². The third kappa shape index (κ3) is 3.48. The molecule has 0 saturated carbocycles. The summed E-state index contributed by atoms with van der Waals surface area (Å²) in [5, 5.41) is 21.2. The largest absolute Gasteiger partial charge is 0.395 e. The first-order valence-electron chi connectivity index (χ1n) is 7.49. The minimum atomic E-state index is -0.151. The van der Waals surface area contributed by atoms with Gasteiger partial charge in [0.05, 0.1) is 24.5 Å². The molecule has 2 aromatic rings. The van der Waals surface area contributed by atoms with E-state index in [1.165, 1.54) is 23.3 Å². The van der Waals surface area contributed by atoms with Crippen molar-refractivity contribution in [3.63, 3.8) is 0 Å². The van der Waals surface area contributed by atoms with E-state index in [9.17, 15) is 4.79 Å². The van der Waals surface area contributed by atoms with E-state index in [0.29, 0.717) is 6.04 Å². The zero-order valence-electron chi connectivity index (χ0n) is 12.3. The molecule has 1 aliphatic carbocycles. The molecule has 3 N–H and O–H groups in total. The smallest absolute Gasteiger partial charge is 0.241 e. The number of carbonyl (C=O) groups excluding carboxylic acids is 1. The van der Waals surface area contributed by atoms with Crippen LogP contribution in [0.25, 0.3) is 0 Å². The maximum absolute atomic E-state index is 11.6. The Bertz CT molecular complexity index is 637. The summed E-state index contributed by atoms with van der Waals surface area (Å²) < 4.78 is 1.60. The van der Waals surface area contributed by atoms with Crippen LogP contribution in [0.4, 0.5) is 5.69 Å². The molecule has 1 amide bonds. The second-order valence-corrected chi connectivity index (χ2v) is 6.39. The highest BCUT2D eigenvalue weighted by atomic mass is 32.1. The number of aryl methyl sites for hydroxylation is 1. The monoisotopic (exact) mass is 320 g/mol. The first-order valence-corrected chi connectivity index (χ1v) is 8.37. The van der Waals surface area contributed by atoms with Gasteiger partial charge in [-0.1, -0.05) is 0 Å². The number of aromatic nitrogens is 2. The maximum Gasteiger partial charge on any atom is 0.241 e. The molecule has 0 unspecified atom stereocenters. The zero-order valence-corrected chi connectivity index (χ0v) is 13.1. The first kappa shape index (κ1) is 15.1. The molecule has 0 radical (unpaired) electrons. The lowest BCUT2D eigenvalue weighted by atomic mass is 9.94. The molecule has 0 saturated heterocycles. The Hall–Kier alpha value is -1.86. The topological polar surface area (TPSA) is 79.2 Å². The van der Waals surface area contributed by atoms with E-state index in [0.717, 1.165) is 12.1 Å². The Morgan fingerprint density at radius 3 is 3.32 bits per heavy atom. The van der Waals surface area contributed by atoms with Gasteiger partial charge in [0.15, 0.2) is 0 Å². The quantitative estimate of drug-likeness (QED) is 0.754. The number of amides is 1. The van der Waals surface area contributed by atoms with Gasteiger partial charge in [-0.05, 0) is 36.3 Å². The molecular weight excluding hydrogens is 300 g/mol. The van der Waals surface area contributed by atoms with E-state index < -0.39 is 0 Å². The van der Waals surface area contributed by atoms with Crippen LogP contribution in [0.3, 0.4) is 0 Å². The fraction of sp³-hybridized carbons (Fsp3) is 0.467. The highest BCUT2D eigenvalue weighted by molar-refractivity contribution is 7.10. The first-order chi connectivity index (χ1) is 10.8. The van der Waals surface area contributed by atoms with Crippen molar-refractivity contribution in [2.75, 3.05) is 18.5 Å². The number of nitrogens with zero attached hydrogens (tertiary/aromatic N) is 2. The Kier molecular flexibility index (Phi) is 4.74. The van der Waals surface area contributed by atoms with Crippen molar-refractivity contribution in [3.05, 3.63) is 34.3 Å². The molecule has 2 aromatic heterocycles. The third-order valence-electron chi connectivity index (χ3n) is 3.77. The van der Waals surface area contributed by atoms with Crippen LogP contribution >= 0.6 is 11.3 Å². The van der Waals surface area contributed by atoms with Gasteiger partial charge in [0.25, 0.3) is 0 Å². The van der Waals surface area contributed by atoms with Crippen molar-refractivity contribution in [2.24, 2.45) is 0 Å². The van der Waals surface area contributed by atoms with E-state index in [1.807, 2.05) is 17.5 Å². The standard InChI is InChI=1S/C15H20N4O2S/c20-6-5-16-15(21)10-19-9-11(8-17-19)18-13-2-1-3-14-12(13)4-7-22-14/h4,7-9,13,18,20H,1-3,5-6,10H2,(H,16,21)/t13-/m1/s1. The molecule has 0 fully saturated rings. The number of aliphatic hydroxyl groups excluding tert-OH is 1. The molecule has 1 atom stereocenters. The number of fused-ring (bicyclic) bond motifs is 1. The second kappa shape index (κ2) is 6.93. The molecule has 22 heavy (non-hydrogen) atoms. The summed E-state index contributed by atoms with van der Waals surface area (Å²) in [5.41, 5.74) is 2.32. The molecule has 0 aliphatic heterocycles.